The Bertz CT molecular complexity index is 2190. The van der Waals surface area contributed by atoms with Gasteiger partial charge < -0.3 is 37.1 Å². The highest BCUT2D eigenvalue weighted by Gasteiger charge is 2.26. The molecule has 1 aliphatic heterocycles. The van der Waals surface area contributed by atoms with Gasteiger partial charge in [0.2, 0.25) is 17.7 Å². The summed E-state index contributed by atoms with van der Waals surface area (Å²) in [5.41, 5.74) is 6.49. The Labute approximate surface area is 474 Å². The van der Waals surface area contributed by atoms with Gasteiger partial charge in [0, 0.05) is 53.9 Å². The number of likely N-dealkylation sites (tertiary alicyclic amines) is 1. The summed E-state index contributed by atoms with van der Waals surface area (Å²) in [5, 5.41) is 30.0. The van der Waals surface area contributed by atoms with Gasteiger partial charge in [0.05, 0.1) is 28.7 Å². The zero-order chi connectivity index (χ0) is 61.4. The molecule has 0 amide bonds. The number of rotatable bonds is 2. The van der Waals surface area contributed by atoms with Crippen LogP contribution in [0.2, 0.25) is 0 Å². The number of aromatic nitrogens is 10. The first kappa shape index (κ1) is 76.6. The lowest BCUT2D eigenvalue weighted by Gasteiger charge is -2.26. The molecule has 1 aromatic carbocycles. The van der Waals surface area contributed by atoms with E-state index in [0.717, 1.165) is 76.2 Å². The Morgan fingerprint density at radius 1 is 0.646 bits per heavy atom. The van der Waals surface area contributed by atoms with Crippen LogP contribution in [0.5, 0.6) is 0 Å². The van der Waals surface area contributed by atoms with Crippen LogP contribution in [0, 0.1) is 127 Å². The van der Waals surface area contributed by atoms with Crippen molar-refractivity contribution in [2.75, 3.05) is 20.1 Å². The summed E-state index contributed by atoms with van der Waals surface area (Å²) in [4.78, 5) is 33.6. The van der Waals surface area contributed by atoms with Crippen LogP contribution in [-0.4, -0.2) is 92.4 Å². The first-order valence-corrected chi connectivity index (χ1v) is 27.1. The topological polar surface area (TPSA) is 244 Å². The van der Waals surface area contributed by atoms with Gasteiger partial charge in [-0.25, -0.2) is 9.97 Å². The number of carboxylic acid groups (broad SMARTS) is 1. The summed E-state index contributed by atoms with van der Waals surface area (Å²) in [6.45, 7) is 49.0. The summed E-state index contributed by atoms with van der Waals surface area (Å²) in [7, 11) is 4.05. The predicted molar refractivity (Wildman–Crippen MR) is 315 cm³/mol. The fourth-order valence-electron chi connectivity index (χ4n) is 5.31. The molecule has 19 nitrogen and oxygen atoms in total. The summed E-state index contributed by atoms with van der Waals surface area (Å²) in [5.74, 6) is 9.03. The monoisotopic (exact) mass is 1110 g/mol. The zero-order valence-electron chi connectivity index (χ0n) is 53.4. The normalized spacial score (nSPS) is 13.9. The number of hydrogen-bond donors (Lipinski definition) is 1. The third-order valence-electron chi connectivity index (χ3n) is 10.4. The molecule has 7 heterocycles. The van der Waals surface area contributed by atoms with Crippen molar-refractivity contribution in [3.63, 3.8) is 0 Å². The van der Waals surface area contributed by atoms with Gasteiger partial charge in [0.1, 0.15) is 23.6 Å². The van der Waals surface area contributed by atoms with Gasteiger partial charge in [-0.3, -0.25) is 9.48 Å². The van der Waals surface area contributed by atoms with Crippen molar-refractivity contribution in [1.29, 1.82) is 0 Å². The minimum atomic E-state index is -0.706. The predicted octanol–water partition coefficient (Wildman–Crippen LogP) is 14.4. The molecule has 9 rings (SSSR count). The minimum absolute atomic E-state index is 0.167. The van der Waals surface area contributed by atoms with Crippen LogP contribution in [0.25, 0.3) is 0 Å². The van der Waals surface area contributed by atoms with Crippen LogP contribution in [-0.2, 0) is 16.6 Å². The molecule has 0 radical (unpaired) electrons. The number of carboxylic acids is 1. The first-order valence-electron chi connectivity index (χ1n) is 27.1. The Morgan fingerprint density at radius 3 is 1.27 bits per heavy atom. The molecule has 1 aliphatic carbocycles. The van der Waals surface area contributed by atoms with Gasteiger partial charge in [0.25, 0.3) is 0 Å². The average molecular weight is 1110 g/mol. The number of ketones is 1. The van der Waals surface area contributed by atoms with Crippen LogP contribution in [0.4, 0.5) is 0 Å². The number of benzene rings is 1. The van der Waals surface area contributed by atoms with Crippen molar-refractivity contribution < 1.29 is 37.0 Å². The van der Waals surface area contributed by atoms with E-state index in [2.05, 4.69) is 142 Å². The van der Waals surface area contributed by atoms with E-state index in [1.807, 2.05) is 81.6 Å². The van der Waals surface area contributed by atoms with Crippen molar-refractivity contribution in [3.05, 3.63) is 123 Å². The van der Waals surface area contributed by atoms with Gasteiger partial charge >= 0.3 is 5.97 Å². The fraction of sp³-hybridized carbons (Fsp3) is 0.617. The van der Waals surface area contributed by atoms with E-state index in [9.17, 15) is 9.59 Å². The van der Waals surface area contributed by atoms with E-state index < -0.39 is 5.97 Å². The van der Waals surface area contributed by atoms with Crippen LogP contribution in [0.3, 0.4) is 0 Å². The first-order chi connectivity index (χ1) is 36.7. The molecule has 1 saturated heterocycles. The number of carbonyl (C=O) groups excluding carboxylic acids is 1. The molecule has 2 unspecified atom stereocenters. The van der Waals surface area contributed by atoms with E-state index in [1.165, 1.54) is 57.3 Å². The van der Waals surface area contributed by atoms with Crippen LogP contribution in [0.15, 0.2) is 65.1 Å². The van der Waals surface area contributed by atoms with Gasteiger partial charge in [0.15, 0.2) is 17.6 Å². The summed E-state index contributed by atoms with van der Waals surface area (Å²) in [6.07, 6.45) is 8.48. The second kappa shape index (κ2) is 44.2. The Balaban J connectivity index is -0.000000802. The molecule has 3 atom stereocenters. The van der Waals surface area contributed by atoms with Crippen molar-refractivity contribution in [3.8, 4) is 0 Å². The van der Waals surface area contributed by atoms with Gasteiger partial charge in [-0.15, -0.1) is 15.3 Å². The zero-order valence-corrected chi connectivity index (χ0v) is 53.4. The lowest BCUT2D eigenvalue weighted by atomic mass is 10.00. The Kier molecular flexibility index (Phi) is 42.9. The number of carbonyl (C=O) groups is 2. The number of aryl methyl sites for hydroxylation is 15. The summed E-state index contributed by atoms with van der Waals surface area (Å²) >= 11 is 0. The maximum atomic E-state index is 9.93. The maximum absolute atomic E-state index is 9.93. The molecular formula is C60H103N11O8. The molecule has 1 N–H and O–H groups in total. The highest BCUT2D eigenvalue weighted by molar-refractivity contribution is 5.72. The van der Waals surface area contributed by atoms with E-state index in [1.54, 1.807) is 45.6 Å². The van der Waals surface area contributed by atoms with E-state index in [4.69, 9.17) is 22.9 Å². The van der Waals surface area contributed by atoms with E-state index in [-0.39, 0.29) is 11.7 Å². The number of Topliss-reactive ketones (excluding diaryl/α,β-unsaturated/α-hetero) is 1. The molecule has 2 aliphatic rings. The fourth-order valence-corrected chi connectivity index (χ4v) is 5.31. The summed E-state index contributed by atoms with van der Waals surface area (Å²) in [6, 6.07) is 10.4. The highest BCUT2D eigenvalue weighted by atomic mass is 16.5. The molecule has 6 aromatic heterocycles. The van der Waals surface area contributed by atoms with Gasteiger partial charge in [-0.05, 0) is 146 Å². The third kappa shape index (κ3) is 50.6. The van der Waals surface area contributed by atoms with Crippen molar-refractivity contribution in [1.82, 2.24) is 55.4 Å². The number of oxazole rings is 2. The molecule has 446 valence electrons. The van der Waals surface area contributed by atoms with Crippen molar-refractivity contribution in [2.24, 2.45) is 36.6 Å². The molecule has 2 fully saturated rings. The quantitative estimate of drug-likeness (QED) is 0.169. The maximum Gasteiger partial charge on any atom is 0.306 e. The molecule has 0 spiro atoms. The molecule has 0 bridgehead atoms. The van der Waals surface area contributed by atoms with Crippen LogP contribution < -0.4 is 0 Å². The van der Waals surface area contributed by atoms with Crippen LogP contribution in [0.1, 0.15) is 176 Å². The van der Waals surface area contributed by atoms with Gasteiger partial charge in [-0.2, -0.15) is 4.98 Å². The second-order valence-electron chi connectivity index (χ2n) is 20.8. The lowest BCUT2D eigenvalue weighted by molar-refractivity contribution is -0.141. The molecule has 1 saturated carbocycles. The van der Waals surface area contributed by atoms with Crippen molar-refractivity contribution in [2.45, 2.75) is 192 Å². The number of hydrogen-bond acceptors (Lipinski definition) is 17. The largest absolute Gasteiger partial charge is 0.481 e. The van der Waals surface area contributed by atoms with E-state index in [0.29, 0.717) is 23.5 Å². The van der Waals surface area contributed by atoms with Gasteiger partial charge in [-0.1, -0.05) is 106 Å². The van der Waals surface area contributed by atoms with Crippen LogP contribution >= 0.6 is 0 Å². The minimum Gasteiger partial charge on any atom is -0.481 e. The second-order valence-corrected chi connectivity index (χ2v) is 20.8. The number of piperidine rings is 1. The standard InChI is InChI=1S/C8H10.C7H15N.C6H9NO.2C5H7NO.C5H10O2.C5H10.C4H7N3.2C4H6N2O.C4H10.C3H6O/c2*1-7-3-5-8(2)6-4-7;1-4-5(2)8-6(3)7-4;1-4-3-7-5(2)6-4;1-4-3-5(2)7-6-4;1-3-4(2)5(6)7;1-4-3-5(4)2;1-4-3-7(2)6-5-4;1-3-5-6-4(2)7-3;1-3-5-4(2)7-6-3;1-4(2)3;1-3(2)4/h3-6H,1-2H3;7H,3-6H2,1-2H3;1-3H3;2*3H,1-2H3;4H,3H2,1-2H3,(H,6,7);4-5H,3H2,1-2H3;3H,1-2H3;2*1-2H3;4H,1-3H3;1-2H3/t;;;;;;4-,5?;;;;;/m......0...../s1. The van der Waals surface area contributed by atoms with Crippen molar-refractivity contribution >= 4 is 11.8 Å². The number of aliphatic carboxylic acids is 1. The molecule has 19 heteroatoms. The van der Waals surface area contributed by atoms with E-state index >= 15 is 0 Å². The number of nitrogens with zero attached hydrogens (tertiary/aromatic N) is 11. The Hall–Kier alpha value is -6.63. The molecule has 7 aromatic rings. The lowest BCUT2D eigenvalue weighted by Crippen LogP contribution is -2.28. The third-order valence-corrected chi connectivity index (χ3v) is 10.4. The summed E-state index contributed by atoms with van der Waals surface area (Å²) < 4.78 is 25.8. The average Bonchev–Trinajstić information content (AvgIpc) is 4.06. The molecule has 79 heavy (non-hydrogen) atoms. The SMILES string of the molecule is CC(C)=O.CC(C)C.CC1CCN(C)CC1.CC1C[C@@H]1C.CCC(C)C(=O)O.Cc1cc(C)on1.Cc1ccc(C)cc1.Cc1cn(C)nn1.Cc1coc(C)n1.Cc1nc(C)c(C)o1.Cc1nnc(C)o1.Cc1noc(C)n1. The highest BCUT2D eigenvalue weighted by Crippen LogP contribution is 2.36. The Morgan fingerprint density at radius 2 is 1.13 bits per heavy atom. The smallest absolute Gasteiger partial charge is 0.306 e. The molecular weight excluding hydrogens is 1000 g/mol.